The standard InChI is InChI=1S/C21H24N2O4/c1-3-25-18-11-8-13(12-19(18)26-4-2)21-22-20(23-27-21)16-7-5-6-15-14(16)9-10-17(15)24/h7-8,11-12,17,24H,3-6,9-10H2,1-2H3. The lowest BCUT2D eigenvalue weighted by molar-refractivity contribution is 0.208. The summed E-state index contributed by atoms with van der Waals surface area (Å²) in [6.45, 7) is 4.99. The van der Waals surface area contributed by atoms with Crippen molar-refractivity contribution in [1.29, 1.82) is 0 Å². The Hall–Kier alpha value is -2.60. The maximum Gasteiger partial charge on any atom is 0.258 e. The lowest BCUT2D eigenvalue weighted by Gasteiger charge is -2.15. The van der Waals surface area contributed by atoms with E-state index in [1.807, 2.05) is 32.0 Å². The minimum absolute atomic E-state index is 0.324. The molecule has 0 aliphatic heterocycles. The Morgan fingerprint density at radius 3 is 2.78 bits per heavy atom. The molecular weight excluding hydrogens is 344 g/mol. The first kappa shape index (κ1) is 17.8. The van der Waals surface area contributed by atoms with Crippen LogP contribution in [0.1, 0.15) is 45.4 Å². The van der Waals surface area contributed by atoms with E-state index >= 15 is 0 Å². The minimum atomic E-state index is -0.324. The Morgan fingerprint density at radius 1 is 1.15 bits per heavy atom. The maximum atomic E-state index is 10.1. The Bertz CT molecular complexity index is 897. The van der Waals surface area contributed by atoms with E-state index in [1.165, 1.54) is 5.57 Å². The number of benzene rings is 1. The van der Waals surface area contributed by atoms with Crippen LogP contribution in [0.15, 0.2) is 39.9 Å². The summed E-state index contributed by atoms with van der Waals surface area (Å²) in [6, 6.07) is 5.62. The molecule has 0 amide bonds. The quantitative estimate of drug-likeness (QED) is 0.825. The van der Waals surface area contributed by atoms with Crippen LogP contribution >= 0.6 is 0 Å². The van der Waals surface area contributed by atoms with Crippen molar-refractivity contribution >= 4 is 5.57 Å². The van der Waals surface area contributed by atoms with Gasteiger partial charge in [0.15, 0.2) is 11.5 Å². The Labute approximate surface area is 158 Å². The van der Waals surface area contributed by atoms with Gasteiger partial charge in [-0.15, -0.1) is 0 Å². The summed E-state index contributed by atoms with van der Waals surface area (Å²) in [4.78, 5) is 4.61. The van der Waals surface area contributed by atoms with Crippen LogP contribution in [0.5, 0.6) is 11.5 Å². The molecule has 4 rings (SSSR count). The molecule has 1 atom stereocenters. The lowest BCUT2D eigenvalue weighted by Crippen LogP contribution is -2.07. The Morgan fingerprint density at radius 2 is 1.96 bits per heavy atom. The topological polar surface area (TPSA) is 77.6 Å². The number of rotatable bonds is 6. The van der Waals surface area contributed by atoms with E-state index in [-0.39, 0.29) is 6.10 Å². The van der Waals surface area contributed by atoms with Crippen LogP contribution in [-0.2, 0) is 0 Å². The molecule has 6 heteroatoms. The second kappa shape index (κ2) is 7.56. The van der Waals surface area contributed by atoms with E-state index in [0.717, 1.165) is 42.4 Å². The highest BCUT2D eigenvalue weighted by Gasteiger charge is 2.30. The molecule has 0 fully saturated rings. The van der Waals surface area contributed by atoms with Crippen LogP contribution in [0.25, 0.3) is 17.0 Å². The highest BCUT2D eigenvalue weighted by Crippen LogP contribution is 2.41. The van der Waals surface area contributed by atoms with Gasteiger partial charge in [-0.3, -0.25) is 0 Å². The van der Waals surface area contributed by atoms with Gasteiger partial charge in [-0.25, -0.2) is 0 Å². The average molecular weight is 368 g/mol. The SMILES string of the molecule is CCOc1ccc(-c2nc(C3=CCCC4=C3CCC4O)no2)cc1OCC. The number of aromatic nitrogens is 2. The highest BCUT2D eigenvalue weighted by atomic mass is 16.5. The lowest BCUT2D eigenvalue weighted by atomic mass is 9.92. The molecule has 1 aromatic heterocycles. The van der Waals surface area contributed by atoms with Crippen LogP contribution in [0.4, 0.5) is 0 Å². The molecule has 27 heavy (non-hydrogen) atoms. The van der Waals surface area contributed by atoms with Crippen molar-refractivity contribution < 1.29 is 19.1 Å². The fourth-order valence-electron chi connectivity index (χ4n) is 3.80. The Balaban J connectivity index is 1.64. The number of hydrogen-bond donors (Lipinski definition) is 1. The summed E-state index contributed by atoms with van der Waals surface area (Å²) >= 11 is 0. The van der Waals surface area contributed by atoms with Crippen LogP contribution < -0.4 is 9.47 Å². The highest BCUT2D eigenvalue weighted by molar-refractivity contribution is 5.79. The average Bonchev–Trinajstić information content (AvgIpc) is 3.31. The van der Waals surface area contributed by atoms with Crippen molar-refractivity contribution in [3.05, 3.63) is 41.2 Å². The summed E-state index contributed by atoms with van der Waals surface area (Å²) in [7, 11) is 0. The van der Waals surface area contributed by atoms with Crippen LogP contribution in [0.3, 0.4) is 0 Å². The van der Waals surface area contributed by atoms with Gasteiger partial charge in [0.25, 0.3) is 5.89 Å². The Kier molecular flexibility index (Phi) is 4.99. The van der Waals surface area contributed by atoms with Crippen molar-refractivity contribution in [1.82, 2.24) is 10.1 Å². The van der Waals surface area contributed by atoms with E-state index in [0.29, 0.717) is 36.4 Å². The van der Waals surface area contributed by atoms with Gasteiger partial charge in [0, 0.05) is 11.1 Å². The molecule has 1 unspecified atom stereocenters. The number of hydrogen-bond acceptors (Lipinski definition) is 6. The number of nitrogens with zero attached hydrogens (tertiary/aromatic N) is 2. The molecule has 142 valence electrons. The molecule has 1 heterocycles. The molecule has 0 saturated heterocycles. The third-order valence-electron chi connectivity index (χ3n) is 5.00. The number of allylic oxidation sites excluding steroid dienone is 3. The van der Waals surface area contributed by atoms with Crippen molar-refractivity contribution in [2.24, 2.45) is 0 Å². The van der Waals surface area contributed by atoms with E-state index in [2.05, 4.69) is 16.2 Å². The molecule has 0 spiro atoms. The van der Waals surface area contributed by atoms with Gasteiger partial charge < -0.3 is 19.1 Å². The normalized spacial score (nSPS) is 19.1. The molecule has 0 radical (unpaired) electrons. The molecule has 1 aromatic carbocycles. The predicted octanol–water partition coefficient (Wildman–Crippen LogP) is 4.16. The first-order valence-corrected chi connectivity index (χ1v) is 9.55. The van der Waals surface area contributed by atoms with Gasteiger partial charge in [-0.1, -0.05) is 11.2 Å². The number of ether oxygens (including phenoxy) is 2. The zero-order chi connectivity index (χ0) is 18.8. The van der Waals surface area contributed by atoms with Crippen molar-refractivity contribution in [2.45, 2.75) is 45.6 Å². The summed E-state index contributed by atoms with van der Waals surface area (Å²) in [5, 5.41) is 14.3. The van der Waals surface area contributed by atoms with Crippen molar-refractivity contribution in [2.75, 3.05) is 13.2 Å². The molecule has 1 N–H and O–H groups in total. The maximum absolute atomic E-state index is 10.1. The third kappa shape index (κ3) is 3.37. The minimum Gasteiger partial charge on any atom is -0.490 e. The molecule has 0 bridgehead atoms. The molecule has 2 aromatic rings. The first-order chi connectivity index (χ1) is 13.2. The third-order valence-corrected chi connectivity index (χ3v) is 5.00. The van der Waals surface area contributed by atoms with Gasteiger partial charge in [-0.2, -0.15) is 4.98 Å². The molecule has 0 saturated carbocycles. The van der Waals surface area contributed by atoms with Gasteiger partial charge in [-0.05, 0) is 68.9 Å². The fraction of sp³-hybridized carbons (Fsp3) is 0.429. The summed E-state index contributed by atoms with van der Waals surface area (Å²) in [5.41, 5.74) is 4.11. The second-order valence-corrected chi connectivity index (χ2v) is 6.67. The second-order valence-electron chi connectivity index (χ2n) is 6.67. The van der Waals surface area contributed by atoms with Crippen LogP contribution in [0.2, 0.25) is 0 Å². The predicted molar refractivity (Wildman–Crippen MR) is 102 cm³/mol. The summed E-state index contributed by atoms with van der Waals surface area (Å²) < 4.78 is 16.8. The van der Waals surface area contributed by atoms with Gasteiger partial charge >= 0.3 is 0 Å². The molecule has 2 aliphatic rings. The summed E-state index contributed by atoms with van der Waals surface area (Å²) in [5.74, 6) is 2.39. The molecular formula is C21H24N2O4. The van der Waals surface area contributed by atoms with Gasteiger partial charge in [0.2, 0.25) is 5.82 Å². The van der Waals surface area contributed by atoms with E-state index in [1.54, 1.807) is 0 Å². The first-order valence-electron chi connectivity index (χ1n) is 9.55. The van der Waals surface area contributed by atoms with Crippen molar-refractivity contribution in [3.63, 3.8) is 0 Å². The molecule has 2 aliphatic carbocycles. The van der Waals surface area contributed by atoms with Crippen LogP contribution in [0, 0.1) is 0 Å². The zero-order valence-corrected chi connectivity index (χ0v) is 15.7. The van der Waals surface area contributed by atoms with Crippen molar-refractivity contribution in [3.8, 4) is 23.0 Å². The van der Waals surface area contributed by atoms with E-state index in [4.69, 9.17) is 14.0 Å². The summed E-state index contributed by atoms with van der Waals surface area (Å²) in [6.07, 6.45) is 5.28. The van der Waals surface area contributed by atoms with Gasteiger partial charge in [0.1, 0.15) is 0 Å². The van der Waals surface area contributed by atoms with Gasteiger partial charge in [0.05, 0.1) is 19.3 Å². The smallest absolute Gasteiger partial charge is 0.258 e. The number of aliphatic hydroxyl groups excluding tert-OH is 1. The molecule has 6 nitrogen and oxygen atoms in total. The van der Waals surface area contributed by atoms with Crippen LogP contribution in [-0.4, -0.2) is 34.6 Å². The largest absolute Gasteiger partial charge is 0.490 e. The van der Waals surface area contributed by atoms with E-state index in [9.17, 15) is 5.11 Å². The fourth-order valence-corrected chi connectivity index (χ4v) is 3.80. The number of aliphatic hydroxyl groups is 1. The zero-order valence-electron chi connectivity index (χ0n) is 15.7. The van der Waals surface area contributed by atoms with E-state index < -0.39 is 0 Å². The monoisotopic (exact) mass is 368 g/mol.